The summed E-state index contributed by atoms with van der Waals surface area (Å²) in [5, 5.41) is 9.80. The maximum Gasteiger partial charge on any atom is 0.251 e. The van der Waals surface area contributed by atoms with E-state index in [-0.39, 0.29) is 5.91 Å². The molecule has 0 saturated carbocycles. The molecule has 0 unspecified atom stereocenters. The fourth-order valence-electron chi connectivity index (χ4n) is 2.40. The van der Waals surface area contributed by atoms with Gasteiger partial charge in [0.25, 0.3) is 5.91 Å². The monoisotopic (exact) mass is 404 g/mol. The van der Waals surface area contributed by atoms with Gasteiger partial charge in [0.2, 0.25) is 0 Å². The lowest BCUT2D eigenvalue weighted by Gasteiger charge is -2.14. The van der Waals surface area contributed by atoms with Crippen LogP contribution in [0.15, 0.2) is 47.5 Å². The second-order valence-corrected chi connectivity index (χ2v) is 6.15. The van der Waals surface area contributed by atoms with Crippen LogP contribution in [-0.2, 0) is 0 Å². The van der Waals surface area contributed by atoms with Crippen LogP contribution in [0.5, 0.6) is 11.5 Å². The lowest BCUT2D eigenvalue weighted by molar-refractivity contribution is 0.0955. The topological polar surface area (TPSA) is 84.0 Å². The molecule has 0 saturated heterocycles. The predicted molar refractivity (Wildman–Crippen MR) is 113 cm³/mol. The number of aliphatic imine (C=N–C) groups is 1. The summed E-state index contributed by atoms with van der Waals surface area (Å²) in [7, 11) is 3.18. The number of guanidine groups is 1. The molecule has 0 atom stereocenters. The molecule has 2 aromatic rings. The van der Waals surface area contributed by atoms with Crippen molar-refractivity contribution in [1.29, 1.82) is 0 Å². The molecule has 7 nitrogen and oxygen atoms in total. The van der Waals surface area contributed by atoms with E-state index in [2.05, 4.69) is 20.9 Å². The Bertz CT molecular complexity index is 810. The number of nitrogens with zero attached hydrogens (tertiary/aromatic N) is 1. The highest BCUT2D eigenvalue weighted by molar-refractivity contribution is 6.30. The third kappa shape index (κ3) is 6.35. The van der Waals surface area contributed by atoms with E-state index in [0.29, 0.717) is 47.7 Å². The number of amides is 1. The summed E-state index contributed by atoms with van der Waals surface area (Å²) in [4.78, 5) is 16.6. The van der Waals surface area contributed by atoms with E-state index in [9.17, 15) is 4.79 Å². The van der Waals surface area contributed by atoms with Crippen LogP contribution in [-0.4, -0.2) is 45.7 Å². The Balaban J connectivity index is 1.93. The Morgan fingerprint density at radius 2 is 1.75 bits per heavy atom. The highest BCUT2D eigenvalue weighted by atomic mass is 35.5. The summed E-state index contributed by atoms with van der Waals surface area (Å²) in [6, 6.07) is 12.3. The lowest BCUT2D eigenvalue weighted by atomic mass is 10.2. The standard InChI is InChI=1S/C20H25ClN4O3/c1-4-22-20(25-16-9-10-17(27-2)18(13-16)28-3)24-12-11-23-19(26)14-5-7-15(21)8-6-14/h5-10,13H,4,11-12H2,1-3H3,(H,23,26)(H2,22,24,25). The molecule has 0 aliphatic heterocycles. The second kappa shape index (κ2) is 11.0. The van der Waals surface area contributed by atoms with Gasteiger partial charge in [-0.05, 0) is 43.3 Å². The third-order valence-electron chi connectivity index (χ3n) is 3.76. The van der Waals surface area contributed by atoms with Crippen LogP contribution in [0.1, 0.15) is 17.3 Å². The van der Waals surface area contributed by atoms with Gasteiger partial charge in [-0.3, -0.25) is 9.79 Å². The van der Waals surface area contributed by atoms with Gasteiger partial charge in [0.15, 0.2) is 17.5 Å². The molecule has 28 heavy (non-hydrogen) atoms. The van der Waals surface area contributed by atoms with Gasteiger partial charge in [-0.1, -0.05) is 11.6 Å². The number of methoxy groups -OCH3 is 2. The fraction of sp³-hybridized carbons (Fsp3) is 0.300. The average molecular weight is 405 g/mol. The SMILES string of the molecule is CCNC(=NCCNC(=O)c1ccc(Cl)cc1)Nc1ccc(OC)c(OC)c1. The summed E-state index contributed by atoms with van der Waals surface area (Å²) in [5.41, 5.74) is 1.37. The molecule has 150 valence electrons. The molecular formula is C20H25ClN4O3. The summed E-state index contributed by atoms with van der Waals surface area (Å²) >= 11 is 5.83. The van der Waals surface area contributed by atoms with Crippen LogP contribution >= 0.6 is 11.6 Å². The van der Waals surface area contributed by atoms with E-state index in [4.69, 9.17) is 21.1 Å². The van der Waals surface area contributed by atoms with E-state index in [1.807, 2.05) is 25.1 Å². The van der Waals surface area contributed by atoms with Crippen molar-refractivity contribution in [2.75, 3.05) is 39.2 Å². The van der Waals surface area contributed by atoms with Gasteiger partial charge in [0.1, 0.15) is 0 Å². The number of hydrogen-bond acceptors (Lipinski definition) is 4. The van der Waals surface area contributed by atoms with Crippen molar-refractivity contribution in [2.45, 2.75) is 6.92 Å². The van der Waals surface area contributed by atoms with Crippen LogP contribution < -0.4 is 25.4 Å². The number of hydrogen-bond donors (Lipinski definition) is 3. The Labute approximate surface area is 170 Å². The molecular weight excluding hydrogens is 380 g/mol. The molecule has 1 amide bonds. The van der Waals surface area contributed by atoms with Crippen molar-refractivity contribution in [3.63, 3.8) is 0 Å². The van der Waals surface area contributed by atoms with E-state index >= 15 is 0 Å². The smallest absolute Gasteiger partial charge is 0.251 e. The number of carbonyl (C=O) groups is 1. The van der Waals surface area contributed by atoms with E-state index in [1.54, 1.807) is 38.5 Å². The zero-order chi connectivity index (χ0) is 20.4. The number of carbonyl (C=O) groups excluding carboxylic acids is 1. The highest BCUT2D eigenvalue weighted by Gasteiger charge is 2.07. The first-order valence-electron chi connectivity index (χ1n) is 8.88. The van der Waals surface area contributed by atoms with Crippen LogP contribution in [0, 0.1) is 0 Å². The van der Waals surface area contributed by atoms with E-state index in [1.165, 1.54) is 0 Å². The molecule has 0 aliphatic rings. The molecule has 0 fully saturated rings. The molecule has 0 bridgehead atoms. The fourth-order valence-corrected chi connectivity index (χ4v) is 2.52. The lowest BCUT2D eigenvalue weighted by Crippen LogP contribution is -2.32. The molecule has 0 aliphatic carbocycles. The van der Waals surface area contributed by atoms with Gasteiger partial charge < -0.3 is 25.4 Å². The van der Waals surface area contributed by atoms with E-state index in [0.717, 1.165) is 5.69 Å². The molecule has 0 radical (unpaired) electrons. The van der Waals surface area contributed by atoms with Crippen molar-refractivity contribution in [2.24, 2.45) is 4.99 Å². The number of benzene rings is 2. The summed E-state index contributed by atoms with van der Waals surface area (Å²) < 4.78 is 10.6. The van der Waals surface area contributed by atoms with Crippen LogP contribution in [0.2, 0.25) is 5.02 Å². The van der Waals surface area contributed by atoms with Crippen LogP contribution in [0.3, 0.4) is 0 Å². The quantitative estimate of drug-likeness (QED) is 0.357. The van der Waals surface area contributed by atoms with Crippen molar-refractivity contribution in [3.8, 4) is 11.5 Å². The van der Waals surface area contributed by atoms with Gasteiger partial charge in [-0.15, -0.1) is 0 Å². The first kappa shape index (κ1) is 21.4. The van der Waals surface area contributed by atoms with Gasteiger partial charge >= 0.3 is 0 Å². The maximum atomic E-state index is 12.1. The van der Waals surface area contributed by atoms with Gasteiger partial charge in [-0.2, -0.15) is 0 Å². The van der Waals surface area contributed by atoms with Gasteiger partial charge in [0, 0.05) is 35.4 Å². The Morgan fingerprint density at radius 3 is 2.39 bits per heavy atom. The molecule has 3 N–H and O–H groups in total. The van der Waals surface area contributed by atoms with Crippen LogP contribution in [0.4, 0.5) is 5.69 Å². The highest BCUT2D eigenvalue weighted by Crippen LogP contribution is 2.29. The second-order valence-electron chi connectivity index (χ2n) is 5.72. The van der Waals surface area contributed by atoms with Crippen molar-refractivity contribution in [3.05, 3.63) is 53.1 Å². The number of rotatable bonds is 8. The predicted octanol–water partition coefficient (Wildman–Crippen LogP) is 3.16. The van der Waals surface area contributed by atoms with Gasteiger partial charge in [-0.25, -0.2) is 0 Å². The minimum absolute atomic E-state index is 0.162. The summed E-state index contributed by atoms with van der Waals surface area (Å²) in [6.45, 7) is 3.51. The molecule has 0 spiro atoms. The number of anilines is 1. The average Bonchev–Trinajstić information content (AvgIpc) is 2.71. The number of halogens is 1. The zero-order valence-electron chi connectivity index (χ0n) is 16.2. The summed E-state index contributed by atoms with van der Waals surface area (Å²) in [6.07, 6.45) is 0. The first-order valence-corrected chi connectivity index (χ1v) is 9.26. The minimum atomic E-state index is -0.162. The minimum Gasteiger partial charge on any atom is -0.493 e. The molecule has 8 heteroatoms. The Morgan fingerprint density at radius 1 is 1.04 bits per heavy atom. The molecule has 2 aromatic carbocycles. The molecule has 0 aromatic heterocycles. The van der Waals surface area contributed by atoms with E-state index < -0.39 is 0 Å². The van der Waals surface area contributed by atoms with Gasteiger partial charge in [0.05, 0.1) is 20.8 Å². The Kier molecular flexibility index (Phi) is 8.42. The van der Waals surface area contributed by atoms with Crippen LogP contribution in [0.25, 0.3) is 0 Å². The van der Waals surface area contributed by atoms with Crippen molar-refractivity contribution in [1.82, 2.24) is 10.6 Å². The first-order chi connectivity index (χ1) is 13.6. The van der Waals surface area contributed by atoms with Crippen molar-refractivity contribution < 1.29 is 14.3 Å². The third-order valence-corrected chi connectivity index (χ3v) is 4.02. The molecule has 2 rings (SSSR count). The molecule has 0 heterocycles. The zero-order valence-corrected chi connectivity index (χ0v) is 17.0. The number of nitrogens with one attached hydrogen (secondary N) is 3. The van der Waals surface area contributed by atoms with Crippen molar-refractivity contribution >= 4 is 29.2 Å². The maximum absolute atomic E-state index is 12.1. The number of ether oxygens (including phenoxy) is 2. The Hall–Kier alpha value is -2.93. The summed E-state index contributed by atoms with van der Waals surface area (Å²) in [5.74, 6) is 1.72. The largest absolute Gasteiger partial charge is 0.493 e. The normalized spacial score (nSPS) is 10.9.